The molecule has 2 heterocycles. The third kappa shape index (κ3) is 2.94. The summed E-state index contributed by atoms with van der Waals surface area (Å²) in [7, 11) is -2.78. The molecule has 20 heavy (non-hydrogen) atoms. The fourth-order valence-corrected chi connectivity index (χ4v) is 4.30. The lowest BCUT2D eigenvalue weighted by atomic mass is 10.5. The minimum absolute atomic E-state index is 0.145. The SMILES string of the molecule is CCc1nnc(NS(=O)(=O)c2scnc2C(=O)OC)s1. The van der Waals surface area contributed by atoms with E-state index in [0.29, 0.717) is 11.4 Å². The topological polar surface area (TPSA) is 111 Å². The Morgan fingerprint density at radius 2 is 2.20 bits per heavy atom. The molecule has 0 amide bonds. The van der Waals surface area contributed by atoms with E-state index in [1.54, 1.807) is 0 Å². The zero-order valence-corrected chi connectivity index (χ0v) is 12.9. The lowest BCUT2D eigenvalue weighted by Gasteiger charge is -2.03. The van der Waals surface area contributed by atoms with E-state index in [0.717, 1.165) is 29.8 Å². The molecule has 0 atom stereocenters. The third-order valence-corrected chi connectivity index (χ3v) is 5.97. The van der Waals surface area contributed by atoms with E-state index >= 15 is 0 Å². The fourth-order valence-electron chi connectivity index (χ4n) is 1.26. The van der Waals surface area contributed by atoms with Crippen LogP contribution in [0.15, 0.2) is 9.72 Å². The number of thiazole rings is 1. The molecule has 0 saturated heterocycles. The van der Waals surface area contributed by atoms with E-state index in [9.17, 15) is 13.2 Å². The molecule has 0 aromatic carbocycles. The normalized spacial score (nSPS) is 11.3. The van der Waals surface area contributed by atoms with Gasteiger partial charge in [-0.15, -0.1) is 21.5 Å². The molecule has 2 aromatic rings. The smallest absolute Gasteiger partial charge is 0.358 e. The molecule has 0 bridgehead atoms. The number of aromatic nitrogens is 3. The Morgan fingerprint density at radius 1 is 1.45 bits per heavy atom. The van der Waals surface area contributed by atoms with Crippen LogP contribution in [0.25, 0.3) is 0 Å². The van der Waals surface area contributed by atoms with Crippen LogP contribution in [0.1, 0.15) is 22.4 Å². The van der Waals surface area contributed by atoms with E-state index in [4.69, 9.17) is 0 Å². The zero-order chi connectivity index (χ0) is 14.8. The predicted octanol–water partition coefficient (Wildman–Crippen LogP) is 1.14. The van der Waals surface area contributed by atoms with Gasteiger partial charge in [-0.1, -0.05) is 18.3 Å². The standard InChI is InChI=1S/C9H10N4O4S3/c1-3-5-11-12-9(19-5)13-20(15,16)8-6(7(14)17-2)10-4-18-8/h4H,3H2,1-2H3,(H,12,13). The van der Waals surface area contributed by atoms with Crippen molar-refractivity contribution in [2.75, 3.05) is 11.8 Å². The molecule has 8 nitrogen and oxygen atoms in total. The number of methoxy groups -OCH3 is 1. The van der Waals surface area contributed by atoms with Crippen LogP contribution in [0.4, 0.5) is 5.13 Å². The van der Waals surface area contributed by atoms with Crippen molar-refractivity contribution in [3.05, 3.63) is 16.2 Å². The van der Waals surface area contributed by atoms with Crippen molar-refractivity contribution in [1.29, 1.82) is 0 Å². The Kier molecular flexibility index (Phi) is 4.30. The van der Waals surface area contributed by atoms with Gasteiger partial charge in [0.15, 0.2) is 9.90 Å². The summed E-state index contributed by atoms with van der Waals surface area (Å²) in [5, 5.41) is 8.39. The highest BCUT2D eigenvalue weighted by Gasteiger charge is 2.27. The van der Waals surface area contributed by atoms with Crippen molar-refractivity contribution in [2.45, 2.75) is 17.6 Å². The Morgan fingerprint density at radius 3 is 2.80 bits per heavy atom. The summed E-state index contributed by atoms with van der Waals surface area (Å²) in [5.41, 5.74) is 1.02. The largest absolute Gasteiger partial charge is 0.464 e. The predicted molar refractivity (Wildman–Crippen MR) is 73.5 cm³/mol. The number of rotatable bonds is 5. The molecule has 0 unspecified atom stereocenters. The average molecular weight is 334 g/mol. The van der Waals surface area contributed by atoms with Gasteiger partial charge in [-0.25, -0.2) is 18.2 Å². The van der Waals surface area contributed by atoms with E-state index < -0.39 is 16.0 Å². The van der Waals surface area contributed by atoms with Gasteiger partial charge in [-0.05, 0) is 6.42 Å². The molecule has 2 aromatic heterocycles. The highest BCUT2D eigenvalue weighted by Crippen LogP contribution is 2.25. The lowest BCUT2D eigenvalue weighted by molar-refractivity contribution is 0.0590. The molecule has 11 heteroatoms. The first-order valence-electron chi connectivity index (χ1n) is 5.35. The number of hydrogen-bond acceptors (Lipinski definition) is 9. The first kappa shape index (κ1) is 14.8. The second kappa shape index (κ2) is 5.81. The molecule has 0 saturated carbocycles. The van der Waals surface area contributed by atoms with Crippen LogP contribution < -0.4 is 4.72 Å². The number of hydrogen-bond donors (Lipinski definition) is 1. The summed E-state index contributed by atoms with van der Waals surface area (Å²) in [5.74, 6) is -0.807. The molecular formula is C9H10N4O4S3. The van der Waals surface area contributed by atoms with Crippen LogP contribution in [-0.4, -0.2) is 36.7 Å². The number of ether oxygens (including phenoxy) is 1. The van der Waals surface area contributed by atoms with Gasteiger partial charge in [0.2, 0.25) is 5.13 Å². The van der Waals surface area contributed by atoms with Gasteiger partial charge in [0.1, 0.15) is 5.01 Å². The van der Waals surface area contributed by atoms with E-state index in [-0.39, 0.29) is 15.0 Å². The quantitative estimate of drug-likeness (QED) is 0.816. The first-order valence-corrected chi connectivity index (χ1v) is 8.53. The molecule has 1 N–H and O–H groups in total. The number of nitrogens with one attached hydrogen (secondary N) is 1. The fraction of sp³-hybridized carbons (Fsp3) is 0.333. The van der Waals surface area contributed by atoms with E-state index in [1.807, 2.05) is 6.92 Å². The van der Waals surface area contributed by atoms with Gasteiger partial charge in [-0.2, -0.15) is 0 Å². The van der Waals surface area contributed by atoms with E-state index in [1.165, 1.54) is 5.51 Å². The maximum atomic E-state index is 12.2. The van der Waals surface area contributed by atoms with Crippen LogP contribution in [0.3, 0.4) is 0 Å². The second-order valence-electron chi connectivity index (χ2n) is 3.44. The van der Waals surface area contributed by atoms with Gasteiger partial charge in [-0.3, -0.25) is 4.72 Å². The summed E-state index contributed by atoms with van der Waals surface area (Å²) in [6, 6.07) is 0. The number of aryl methyl sites for hydroxylation is 1. The maximum absolute atomic E-state index is 12.2. The third-order valence-electron chi connectivity index (χ3n) is 2.15. The van der Waals surface area contributed by atoms with Crippen LogP contribution in [0.5, 0.6) is 0 Å². The molecule has 0 aliphatic carbocycles. The molecular weight excluding hydrogens is 324 g/mol. The summed E-state index contributed by atoms with van der Waals surface area (Å²) < 4.78 is 30.9. The number of carbonyl (C=O) groups is 1. The van der Waals surface area contributed by atoms with Gasteiger partial charge in [0.25, 0.3) is 10.0 Å². The zero-order valence-electron chi connectivity index (χ0n) is 10.5. The van der Waals surface area contributed by atoms with Gasteiger partial charge < -0.3 is 4.74 Å². The van der Waals surface area contributed by atoms with Crippen LogP contribution in [-0.2, 0) is 21.2 Å². The van der Waals surface area contributed by atoms with Crippen LogP contribution in [0, 0.1) is 0 Å². The Labute approximate surface area is 122 Å². The summed E-state index contributed by atoms with van der Waals surface area (Å²) in [6.07, 6.45) is 0.660. The summed E-state index contributed by atoms with van der Waals surface area (Å²) in [4.78, 5) is 15.2. The lowest BCUT2D eigenvalue weighted by Crippen LogP contribution is -2.16. The molecule has 108 valence electrons. The molecule has 0 spiro atoms. The summed E-state index contributed by atoms with van der Waals surface area (Å²) in [6.45, 7) is 1.89. The van der Waals surface area contributed by atoms with Crippen molar-refractivity contribution in [3.8, 4) is 0 Å². The highest BCUT2D eigenvalue weighted by molar-refractivity contribution is 7.94. The Hall–Kier alpha value is -1.59. The van der Waals surface area contributed by atoms with Gasteiger partial charge in [0.05, 0.1) is 12.6 Å². The minimum Gasteiger partial charge on any atom is -0.464 e. The van der Waals surface area contributed by atoms with Crippen molar-refractivity contribution in [2.24, 2.45) is 0 Å². The molecule has 2 rings (SSSR count). The van der Waals surface area contributed by atoms with Crippen molar-refractivity contribution in [3.63, 3.8) is 0 Å². The molecule has 0 radical (unpaired) electrons. The van der Waals surface area contributed by atoms with Crippen LogP contribution >= 0.6 is 22.7 Å². The monoisotopic (exact) mass is 334 g/mol. The molecule has 0 aliphatic rings. The number of sulfonamides is 1. The number of nitrogens with zero attached hydrogens (tertiary/aromatic N) is 3. The average Bonchev–Trinajstić information content (AvgIpc) is 3.05. The van der Waals surface area contributed by atoms with Crippen molar-refractivity contribution in [1.82, 2.24) is 15.2 Å². The van der Waals surface area contributed by atoms with Gasteiger partial charge in [0, 0.05) is 0 Å². The number of esters is 1. The Balaban J connectivity index is 2.31. The first-order chi connectivity index (χ1) is 9.47. The maximum Gasteiger partial charge on any atom is 0.358 e. The van der Waals surface area contributed by atoms with E-state index in [2.05, 4.69) is 24.6 Å². The van der Waals surface area contributed by atoms with Crippen molar-refractivity contribution < 1.29 is 17.9 Å². The van der Waals surface area contributed by atoms with Gasteiger partial charge >= 0.3 is 5.97 Å². The molecule has 0 fully saturated rings. The van der Waals surface area contributed by atoms with Crippen LogP contribution in [0.2, 0.25) is 0 Å². The van der Waals surface area contributed by atoms with Crippen molar-refractivity contribution >= 4 is 43.8 Å². The molecule has 0 aliphatic heterocycles. The number of carbonyl (C=O) groups excluding carboxylic acids is 1. The second-order valence-corrected chi connectivity index (χ2v) is 7.23. The Bertz CT molecular complexity index is 721. The number of anilines is 1. The minimum atomic E-state index is -3.94. The summed E-state index contributed by atoms with van der Waals surface area (Å²) >= 11 is 1.96. The highest BCUT2D eigenvalue weighted by atomic mass is 32.2.